The molecule has 0 aromatic rings. The van der Waals surface area contributed by atoms with Gasteiger partial charge in [-0.05, 0) is 12.8 Å². The van der Waals surface area contributed by atoms with E-state index in [4.69, 9.17) is 4.74 Å². The van der Waals surface area contributed by atoms with Crippen LogP contribution in [0.3, 0.4) is 0 Å². The predicted molar refractivity (Wildman–Crippen MR) is 66.0 cm³/mol. The Labute approximate surface area is 103 Å². The molecule has 0 amide bonds. The quantitative estimate of drug-likeness (QED) is 0.262. The Morgan fingerprint density at radius 3 is 2.87 bits per heavy atom. The van der Waals surface area contributed by atoms with Crippen molar-refractivity contribution in [3.8, 4) is 0 Å². The van der Waals surface area contributed by atoms with Crippen molar-refractivity contribution < 1.29 is 14.3 Å². The number of esters is 1. The molecule has 1 fully saturated rings. The summed E-state index contributed by atoms with van der Waals surface area (Å²) in [4.78, 5) is 23.6. The summed E-state index contributed by atoms with van der Waals surface area (Å²) in [5.74, 6) is -0.335. The van der Waals surface area contributed by atoms with Crippen molar-refractivity contribution >= 4 is 34.3 Å². The molecule has 0 saturated heterocycles. The second kappa shape index (κ2) is 5.63. The first kappa shape index (κ1) is 12.7. The molecule has 0 bridgehead atoms. The maximum absolute atomic E-state index is 11.8. The molecular formula is C11H15IO3. The van der Waals surface area contributed by atoms with Crippen LogP contribution in [-0.4, -0.2) is 22.8 Å². The van der Waals surface area contributed by atoms with Crippen LogP contribution >= 0.6 is 22.6 Å². The predicted octanol–water partition coefficient (Wildman–Crippen LogP) is 2.28. The van der Waals surface area contributed by atoms with Gasteiger partial charge < -0.3 is 4.74 Å². The maximum Gasteiger partial charge on any atom is 0.320 e. The van der Waals surface area contributed by atoms with Crippen LogP contribution in [0.25, 0.3) is 0 Å². The van der Waals surface area contributed by atoms with Crippen molar-refractivity contribution in [3.63, 3.8) is 0 Å². The molecule has 0 aliphatic heterocycles. The van der Waals surface area contributed by atoms with Gasteiger partial charge in [0.2, 0.25) is 0 Å². The van der Waals surface area contributed by atoms with Crippen molar-refractivity contribution in [2.45, 2.75) is 25.7 Å². The van der Waals surface area contributed by atoms with Gasteiger partial charge >= 0.3 is 5.97 Å². The molecular weight excluding hydrogens is 307 g/mol. The summed E-state index contributed by atoms with van der Waals surface area (Å²) in [6, 6.07) is 0. The number of alkyl halides is 1. The van der Waals surface area contributed by atoms with Gasteiger partial charge in [0.25, 0.3) is 0 Å². The molecule has 0 aromatic heterocycles. The smallest absolute Gasteiger partial charge is 0.320 e. The fourth-order valence-electron chi connectivity index (χ4n) is 1.78. The number of Topliss-reactive ketones (excluding diaryl/α,β-unsaturated/α-hetero) is 1. The van der Waals surface area contributed by atoms with E-state index in [9.17, 15) is 9.59 Å². The fraction of sp³-hybridized carbons (Fsp3) is 0.636. The van der Waals surface area contributed by atoms with Gasteiger partial charge in [-0.3, -0.25) is 9.59 Å². The third-order valence-corrected chi connectivity index (χ3v) is 4.04. The van der Waals surface area contributed by atoms with E-state index < -0.39 is 5.41 Å². The second-order valence-electron chi connectivity index (χ2n) is 3.73. The van der Waals surface area contributed by atoms with Crippen LogP contribution < -0.4 is 0 Å². The lowest BCUT2D eigenvalue weighted by Gasteiger charge is -2.31. The minimum absolute atomic E-state index is 0.0391. The van der Waals surface area contributed by atoms with Crippen molar-refractivity contribution in [3.05, 3.63) is 12.7 Å². The minimum Gasteiger partial charge on any atom is -0.461 e. The number of rotatable bonds is 4. The highest BCUT2D eigenvalue weighted by Gasteiger charge is 2.46. The molecule has 15 heavy (non-hydrogen) atoms. The maximum atomic E-state index is 11.8. The molecule has 0 aromatic carbocycles. The Bertz CT molecular complexity index is 275. The first-order chi connectivity index (χ1) is 7.17. The fourth-order valence-corrected chi connectivity index (χ4v) is 2.89. The van der Waals surface area contributed by atoms with Crippen molar-refractivity contribution in [1.82, 2.24) is 0 Å². The molecule has 0 heterocycles. The van der Waals surface area contributed by atoms with Crippen LogP contribution in [-0.2, 0) is 14.3 Å². The first-order valence-electron chi connectivity index (χ1n) is 5.05. The zero-order valence-electron chi connectivity index (χ0n) is 8.63. The average Bonchev–Trinajstić information content (AvgIpc) is 2.27. The van der Waals surface area contributed by atoms with E-state index >= 15 is 0 Å². The molecule has 1 unspecified atom stereocenters. The van der Waals surface area contributed by atoms with Gasteiger partial charge in [0.15, 0.2) is 5.78 Å². The molecule has 0 radical (unpaired) electrons. The van der Waals surface area contributed by atoms with Crippen LogP contribution in [0.2, 0.25) is 0 Å². The third-order valence-electron chi connectivity index (χ3n) is 2.74. The summed E-state index contributed by atoms with van der Waals surface area (Å²) in [5.41, 5.74) is -0.873. The van der Waals surface area contributed by atoms with E-state index in [1.54, 1.807) is 0 Å². The normalized spacial score (nSPS) is 26.1. The summed E-state index contributed by atoms with van der Waals surface area (Å²) in [7, 11) is 0. The number of hydrogen-bond donors (Lipinski definition) is 0. The molecule has 84 valence electrons. The summed E-state index contributed by atoms with van der Waals surface area (Å²) in [6.45, 7) is 3.67. The van der Waals surface area contributed by atoms with E-state index in [1.165, 1.54) is 6.08 Å². The van der Waals surface area contributed by atoms with Gasteiger partial charge in [-0.2, -0.15) is 0 Å². The monoisotopic (exact) mass is 322 g/mol. The van der Waals surface area contributed by atoms with Gasteiger partial charge in [0.1, 0.15) is 12.0 Å². The van der Waals surface area contributed by atoms with Gasteiger partial charge in [0.05, 0.1) is 0 Å². The minimum atomic E-state index is -0.873. The number of halogens is 1. The molecule has 1 rings (SSSR count). The van der Waals surface area contributed by atoms with E-state index in [1.807, 2.05) is 0 Å². The summed E-state index contributed by atoms with van der Waals surface area (Å²) < 4.78 is 5.53. The number of ketones is 1. The summed E-state index contributed by atoms with van der Waals surface area (Å²) in [6.07, 6.45) is 4.48. The van der Waals surface area contributed by atoms with E-state index in [-0.39, 0.29) is 18.4 Å². The molecule has 1 aliphatic carbocycles. The Morgan fingerprint density at radius 2 is 2.33 bits per heavy atom. The number of carbonyl (C=O) groups is 2. The van der Waals surface area contributed by atoms with Crippen molar-refractivity contribution in [1.29, 1.82) is 0 Å². The number of carbonyl (C=O) groups excluding carboxylic acids is 2. The number of hydrogen-bond acceptors (Lipinski definition) is 3. The van der Waals surface area contributed by atoms with E-state index in [2.05, 4.69) is 29.2 Å². The highest BCUT2D eigenvalue weighted by Crippen LogP contribution is 2.36. The lowest BCUT2D eigenvalue weighted by atomic mass is 9.74. The van der Waals surface area contributed by atoms with E-state index in [0.29, 0.717) is 17.3 Å². The SMILES string of the molecule is C=CCOC(=O)C1(CI)CCCCC1=O. The molecule has 1 atom stereocenters. The lowest BCUT2D eigenvalue weighted by molar-refractivity contribution is -0.159. The molecule has 4 heteroatoms. The van der Waals surface area contributed by atoms with Crippen molar-refractivity contribution in [2.24, 2.45) is 5.41 Å². The van der Waals surface area contributed by atoms with Crippen molar-refractivity contribution in [2.75, 3.05) is 11.0 Å². The van der Waals surface area contributed by atoms with Gasteiger partial charge in [-0.1, -0.05) is 41.7 Å². The summed E-state index contributed by atoms with van der Waals surface area (Å²) >= 11 is 2.09. The third kappa shape index (κ3) is 2.59. The molecule has 1 saturated carbocycles. The Kier molecular flexibility index (Phi) is 4.76. The Morgan fingerprint density at radius 1 is 1.60 bits per heavy atom. The highest BCUT2D eigenvalue weighted by atomic mass is 127. The summed E-state index contributed by atoms with van der Waals surface area (Å²) in [5, 5.41) is 0. The Hall–Kier alpha value is -0.390. The molecule has 0 spiro atoms. The van der Waals surface area contributed by atoms with Crippen LogP contribution in [0, 0.1) is 5.41 Å². The standard InChI is InChI=1S/C11H15IO3/c1-2-7-15-10(14)11(8-12)6-4-3-5-9(11)13/h2H,1,3-8H2. The largest absolute Gasteiger partial charge is 0.461 e. The zero-order valence-corrected chi connectivity index (χ0v) is 10.8. The first-order valence-corrected chi connectivity index (χ1v) is 6.57. The van der Waals surface area contributed by atoms with Crippen LogP contribution in [0.15, 0.2) is 12.7 Å². The topological polar surface area (TPSA) is 43.4 Å². The van der Waals surface area contributed by atoms with Crippen LogP contribution in [0.4, 0.5) is 0 Å². The Balaban J connectivity index is 2.77. The average molecular weight is 322 g/mol. The zero-order chi connectivity index (χ0) is 11.3. The lowest BCUT2D eigenvalue weighted by Crippen LogP contribution is -2.44. The molecule has 3 nitrogen and oxygen atoms in total. The molecule has 1 aliphatic rings. The van der Waals surface area contributed by atoms with Crippen LogP contribution in [0.1, 0.15) is 25.7 Å². The van der Waals surface area contributed by atoms with E-state index in [0.717, 1.165) is 12.8 Å². The molecule has 0 N–H and O–H groups in total. The van der Waals surface area contributed by atoms with Gasteiger partial charge in [-0.15, -0.1) is 0 Å². The van der Waals surface area contributed by atoms with Gasteiger partial charge in [-0.25, -0.2) is 0 Å². The van der Waals surface area contributed by atoms with Crippen LogP contribution in [0.5, 0.6) is 0 Å². The van der Waals surface area contributed by atoms with Gasteiger partial charge in [0, 0.05) is 10.8 Å². The highest BCUT2D eigenvalue weighted by molar-refractivity contribution is 14.1. The second-order valence-corrected chi connectivity index (χ2v) is 4.50. The number of ether oxygens (including phenoxy) is 1.